The molecule has 0 N–H and O–H groups in total. The number of para-hydroxylation sites is 1. The van der Waals surface area contributed by atoms with Gasteiger partial charge in [0.25, 0.3) is 5.89 Å². The lowest BCUT2D eigenvalue weighted by atomic mass is 9.97. The van der Waals surface area contributed by atoms with Gasteiger partial charge in [0.1, 0.15) is 18.2 Å². The van der Waals surface area contributed by atoms with Crippen LogP contribution in [0, 0.1) is 0 Å². The molecule has 1 atom stereocenters. The third-order valence-electron chi connectivity index (χ3n) is 7.19. The predicted molar refractivity (Wildman–Crippen MR) is 145 cm³/mol. The Morgan fingerprint density at radius 2 is 1.77 bits per heavy atom. The minimum absolute atomic E-state index is 0.0463. The molecule has 1 fully saturated rings. The maximum absolute atomic E-state index is 13.6. The number of nitrogens with zero attached hydrogens (tertiary/aromatic N) is 5. The molecule has 1 saturated heterocycles. The molecule has 2 aromatic rings. The van der Waals surface area contributed by atoms with E-state index in [9.17, 15) is 24.0 Å². The zero-order valence-corrected chi connectivity index (χ0v) is 23.9. The zero-order valence-electron chi connectivity index (χ0n) is 23.9. The molecule has 0 radical (unpaired) electrons. The molecular weight excluding hydrogens is 518 g/mol. The van der Waals surface area contributed by atoms with Gasteiger partial charge in [-0.05, 0) is 65.5 Å². The molecule has 1 aromatic carbocycles. The van der Waals surface area contributed by atoms with Crippen molar-refractivity contribution >= 4 is 29.4 Å². The quantitative estimate of drug-likeness (QED) is 0.476. The summed E-state index contributed by atoms with van der Waals surface area (Å²) in [6.07, 6.45) is 0.889. The Labute approximate surface area is 232 Å². The summed E-state index contributed by atoms with van der Waals surface area (Å²) < 4.78 is 11.5. The zero-order chi connectivity index (χ0) is 29.4. The van der Waals surface area contributed by atoms with E-state index in [4.69, 9.17) is 9.15 Å². The molecule has 0 unspecified atom stereocenters. The SMILES string of the molecule is Cn1nc(C(=O)[C@@H]2CCCN2C(=O)CN(C(=O)OC(C)(C)C)C(C)(C)CC(=O)N2CCc3ccccc32)oc1=O. The number of rotatable bonds is 7. The molecule has 12 nitrogen and oxygen atoms in total. The summed E-state index contributed by atoms with van der Waals surface area (Å²) in [6.45, 7) is 9.04. The predicted octanol–water partition coefficient (Wildman–Crippen LogP) is 2.54. The van der Waals surface area contributed by atoms with Crippen molar-refractivity contribution < 1.29 is 28.3 Å². The van der Waals surface area contributed by atoms with Crippen LogP contribution in [-0.4, -0.2) is 80.1 Å². The van der Waals surface area contributed by atoms with Gasteiger partial charge in [-0.1, -0.05) is 18.2 Å². The molecule has 0 bridgehead atoms. The Bertz CT molecular complexity index is 1370. The van der Waals surface area contributed by atoms with Crippen molar-refractivity contribution in [2.75, 3.05) is 24.5 Å². The van der Waals surface area contributed by atoms with Crippen LogP contribution < -0.4 is 10.7 Å². The number of amides is 3. The maximum atomic E-state index is 13.6. The Morgan fingerprint density at radius 3 is 2.42 bits per heavy atom. The van der Waals surface area contributed by atoms with Gasteiger partial charge in [-0.3, -0.25) is 19.3 Å². The summed E-state index contributed by atoms with van der Waals surface area (Å²) in [4.78, 5) is 69.6. The lowest BCUT2D eigenvalue weighted by Crippen LogP contribution is -2.56. The highest BCUT2D eigenvalue weighted by Gasteiger charge is 2.42. The molecule has 4 rings (SSSR count). The van der Waals surface area contributed by atoms with E-state index in [1.807, 2.05) is 24.3 Å². The second-order valence-electron chi connectivity index (χ2n) is 11.9. The van der Waals surface area contributed by atoms with Gasteiger partial charge in [-0.15, -0.1) is 5.10 Å². The van der Waals surface area contributed by atoms with Crippen molar-refractivity contribution in [2.45, 2.75) is 77.5 Å². The van der Waals surface area contributed by atoms with Crippen LogP contribution in [0.4, 0.5) is 10.5 Å². The first-order valence-corrected chi connectivity index (χ1v) is 13.4. The minimum Gasteiger partial charge on any atom is -0.444 e. The van der Waals surface area contributed by atoms with Crippen LogP contribution in [-0.2, 0) is 27.8 Å². The molecule has 2 aliphatic heterocycles. The van der Waals surface area contributed by atoms with Crippen molar-refractivity contribution in [3.63, 3.8) is 0 Å². The highest BCUT2D eigenvalue weighted by atomic mass is 16.6. The van der Waals surface area contributed by atoms with Gasteiger partial charge in [0.2, 0.25) is 17.6 Å². The molecule has 12 heteroatoms. The second-order valence-corrected chi connectivity index (χ2v) is 11.9. The number of ketones is 1. The molecule has 1 aromatic heterocycles. The van der Waals surface area contributed by atoms with Crippen molar-refractivity contribution in [2.24, 2.45) is 7.05 Å². The number of anilines is 1. The molecule has 2 aliphatic rings. The van der Waals surface area contributed by atoms with Crippen molar-refractivity contribution in [1.82, 2.24) is 19.6 Å². The molecule has 40 heavy (non-hydrogen) atoms. The normalized spacial score (nSPS) is 17.1. The van der Waals surface area contributed by atoms with E-state index in [0.717, 1.165) is 22.4 Å². The lowest BCUT2D eigenvalue weighted by Gasteiger charge is -2.40. The number of ether oxygens (including phenoxy) is 1. The third-order valence-corrected chi connectivity index (χ3v) is 7.19. The highest BCUT2D eigenvalue weighted by Crippen LogP contribution is 2.31. The number of hydrogen-bond donors (Lipinski definition) is 0. The minimum atomic E-state index is -1.10. The average Bonchev–Trinajstić information content (AvgIpc) is 3.59. The Morgan fingerprint density at radius 1 is 1.07 bits per heavy atom. The van der Waals surface area contributed by atoms with Gasteiger partial charge in [-0.25, -0.2) is 9.59 Å². The molecule has 0 spiro atoms. The summed E-state index contributed by atoms with van der Waals surface area (Å²) >= 11 is 0. The van der Waals surface area contributed by atoms with Gasteiger partial charge in [-0.2, -0.15) is 4.68 Å². The summed E-state index contributed by atoms with van der Waals surface area (Å²) in [5.74, 6) is -2.36. The second kappa shape index (κ2) is 10.9. The van der Waals surface area contributed by atoms with Gasteiger partial charge in [0.05, 0.1) is 6.42 Å². The number of carbonyl (C=O) groups is 4. The average molecular weight is 556 g/mol. The number of benzene rings is 1. The summed E-state index contributed by atoms with van der Waals surface area (Å²) in [6, 6.07) is 6.83. The Kier molecular flexibility index (Phi) is 7.91. The molecular formula is C28H37N5O7. The third kappa shape index (κ3) is 6.10. The molecule has 0 saturated carbocycles. The van der Waals surface area contributed by atoms with Crippen molar-refractivity contribution in [3.05, 3.63) is 46.3 Å². The number of likely N-dealkylation sites (tertiary alicyclic amines) is 1. The van der Waals surface area contributed by atoms with Gasteiger partial charge >= 0.3 is 11.8 Å². The smallest absolute Gasteiger partial charge is 0.437 e. The van der Waals surface area contributed by atoms with Gasteiger partial charge < -0.3 is 19.0 Å². The summed E-state index contributed by atoms with van der Waals surface area (Å²) in [5.41, 5.74) is -0.00151. The van der Waals surface area contributed by atoms with Crippen molar-refractivity contribution in [3.8, 4) is 0 Å². The Balaban J connectivity index is 1.55. The van der Waals surface area contributed by atoms with Crippen LogP contribution >= 0.6 is 0 Å². The first-order chi connectivity index (χ1) is 18.7. The summed E-state index contributed by atoms with van der Waals surface area (Å²) in [7, 11) is 1.36. The highest BCUT2D eigenvalue weighted by molar-refractivity contribution is 5.99. The van der Waals surface area contributed by atoms with E-state index in [2.05, 4.69) is 5.10 Å². The molecule has 0 aliphatic carbocycles. The molecule has 216 valence electrons. The topological polar surface area (TPSA) is 135 Å². The Hall–Kier alpha value is -3.96. The number of aromatic nitrogens is 2. The number of hydrogen-bond acceptors (Lipinski definition) is 8. The van der Waals surface area contributed by atoms with Gasteiger partial charge in [0, 0.05) is 31.4 Å². The van der Waals surface area contributed by atoms with E-state index in [1.54, 1.807) is 39.5 Å². The lowest BCUT2D eigenvalue weighted by molar-refractivity contribution is -0.135. The maximum Gasteiger partial charge on any atom is 0.437 e. The monoisotopic (exact) mass is 555 g/mol. The number of Topliss-reactive ketones (excluding diaryl/α,β-unsaturated/α-hetero) is 1. The van der Waals surface area contributed by atoms with Crippen LogP contribution in [0.15, 0.2) is 33.5 Å². The summed E-state index contributed by atoms with van der Waals surface area (Å²) in [5, 5.41) is 3.83. The van der Waals surface area contributed by atoms with Crippen LogP contribution in [0.25, 0.3) is 0 Å². The number of aryl methyl sites for hydroxylation is 1. The number of carbonyl (C=O) groups excluding carboxylic acids is 4. The van der Waals surface area contributed by atoms with Crippen LogP contribution in [0.1, 0.15) is 70.1 Å². The number of fused-ring (bicyclic) bond motifs is 1. The van der Waals surface area contributed by atoms with Crippen LogP contribution in [0.3, 0.4) is 0 Å². The fraction of sp³-hybridized carbons (Fsp3) is 0.571. The molecule has 3 heterocycles. The van der Waals surface area contributed by atoms with E-state index >= 15 is 0 Å². The first-order valence-electron chi connectivity index (χ1n) is 13.4. The fourth-order valence-electron chi connectivity index (χ4n) is 5.15. The standard InChI is InChI=1S/C28H37N5O7/c1-27(2,3)40-26(38)33(28(4,5)16-21(34)32-15-13-18-10-7-8-11-19(18)32)17-22(35)31-14-9-12-20(31)23(36)24-29-30(6)25(37)39-24/h7-8,10-11,20H,9,12-17H2,1-6H3/t20-/m0/s1. The van der Waals surface area contributed by atoms with E-state index < -0.39 is 47.3 Å². The van der Waals surface area contributed by atoms with Crippen molar-refractivity contribution in [1.29, 1.82) is 0 Å². The van der Waals surface area contributed by atoms with E-state index in [0.29, 0.717) is 25.9 Å². The fourth-order valence-corrected chi connectivity index (χ4v) is 5.15. The van der Waals surface area contributed by atoms with Crippen LogP contribution in [0.2, 0.25) is 0 Å². The van der Waals surface area contributed by atoms with E-state index in [1.165, 1.54) is 16.8 Å². The molecule has 3 amide bonds. The van der Waals surface area contributed by atoms with E-state index in [-0.39, 0.29) is 18.2 Å². The van der Waals surface area contributed by atoms with Gasteiger partial charge in [0.15, 0.2) is 0 Å². The largest absolute Gasteiger partial charge is 0.444 e. The van der Waals surface area contributed by atoms with Crippen LogP contribution in [0.5, 0.6) is 0 Å². The first kappa shape index (κ1) is 29.0.